The third-order valence-electron chi connectivity index (χ3n) is 3.13. The van der Waals surface area contributed by atoms with Crippen molar-refractivity contribution < 1.29 is 9.84 Å². The van der Waals surface area contributed by atoms with Gasteiger partial charge in [0.25, 0.3) is 0 Å². The summed E-state index contributed by atoms with van der Waals surface area (Å²) in [5.74, 6) is -0.336. The Labute approximate surface area is 102 Å². The molecule has 0 unspecified atom stereocenters. The van der Waals surface area contributed by atoms with Crippen molar-refractivity contribution in [3.8, 4) is 5.75 Å². The Bertz CT molecular complexity index is 501. The molecule has 0 amide bonds. The second-order valence-corrected chi connectivity index (χ2v) is 4.26. The molecule has 0 heterocycles. The highest BCUT2D eigenvalue weighted by Gasteiger charge is 2.24. The van der Waals surface area contributed by atoms with E-state index in [9.17, 15) is 5.11 Å². The second-order valence-electron chi connectivity index (χ2n) is 4.26. The average Bonchev–Trinajstić information content (AvgIpc) is 2.38. The van der Waals surface area contributed by atoms with Crippen LogP contribution in [0.25, 0.3) is 10.8 Å². The van der Waals surface area contributed by atoms with E-state index < -0.39 is 5.79 Å². The molecule has 0 spiro atoms. The highest BCUT2D eigenvalue weighted by Crippen LogP contribution is 2.25. The van der Waals surface area contributed by atoms with E-state index >= 15 is 0 Å². The van der Waals surface area contributed by atoms with Gasteiger partial charge in [-0.1, -0.05) is 44.2 Å². The molecule has 2 rings (SSSR count). The Morgan fingerprint density at radius 2 is 1.65 bits per heavy atom. The van der Waals surface area contributed by atoms with Crippen molar-refractivity contribution in [2.24, 2.45) is 0 Å². The first kappa shape index (κ1) is 11.9. The fraction of sp³-hybridized carbons (Fsp3) is 0.333. The van der Waals surface area contributed by atoms with E-state index in [0.29, 0.717) is 12.8 Å². The predicted molar refractivity (Wildman–Crippen MR) is 70.1 cm³/mol. The van der Waals surface area contributed by atoms with Gasteiger partial charge in [-0.2, -0.15) is 0 Å². The molecule has 90 valence electrons. The minimum atomic E-state index is -1.05. The van der Waals surface area contributed by atoms with Crippen molar-refractivity contribution in [3.63, 3.8) is 0 Å². The van der Waals surface area contributed by atoms with Crippen LogP contribution < -0.4 is 4.74 Å². The average molecular weight is 230 g/mol. The molecule has 1 N–H and O–H groups in total. The van der Waals surface area contributed by atoms with E-state index in [1.54, 1.807) is 0 Å². The van der Waals surface area contributed by atoms with Crippen LogP contribution in [0.15, 0.2) is 42.5 Å². The van der Waals surface area contributed by atoms with Gasteiger partial charge in [-0.15, -0.1) is 0 Å². The number of aliphatic hydroxyl groups is 1. The quantitative estimate of drug-likeness (QED) is 0.811. The van der Waals surface area contributed by atoms with E-state index in [0.717, 1.165) is 11.1 Å². The SMILES string of the molecule is CCC(O)(CC)Oc1ccc2ccccc2c1. The first-order valence-corrected chi connectivity index (χ1v) is 6.07. The molecule has 2 heteroatoms. The third-order valence-corrected chi connectivity index (χ3v) is 3.13. The van der Waals surface area contributed by atoms with Gasteiger partial charge in [0.05, 0.1) is 0 Å². The van der Waals surface area contributed by atoms with Crippen LogP contribution in [0.5, 0.6) is 5.75 Å². The highest BCUT2D eigenvalue weighted by molar-refractivity contribution is 5.83. The molecule has 2 aromatic rings. The van der Waals surface area contributed by atoms with Crippen molar-refractivity contribution >= 4 is 10.8 Å². The molecule has 0 aliphatic heterocycles. The summed E-state index contributed by atoms with van der Waals surface area (Å²) in [7, 11) is 0. The number of rotatable bonds is 4. The lowest BCUT2D eigenvalue weighted by atomic mass is 10.1. The van der Waals surface area contributed by atoms with Gasteiger partial charge < -0.3 is 9.84 Å². The van der Waals surface area contributed by atoms with Gasteiger partial charge in [0, 0.05) is 12.8 Å². The summed E-state index contributed by atoms with van der Waals surface area (Å²) in [5, 5.41) is 12.4. The van der Waals surface area contributed by atoms with Crippen molar-refractivity contribution in [1.82, 2.24) is 0 Å². The number of fused-ring (bicyclic) bond motifs is 1. The Morgan fingerprint density at radius 3 is 2.29 bits per heavy atom. The molecule has 0 saturated carbocycles. The largest absolute Gasteiger partial charge is 0.463 e. The van der Waals surface area contributed by atoms with Gasteiger partial charge in [0.1, 0.15) is 5.75 Å². The lowest BCUT2D eigenvalue weighted by molar-refractivity contribution is -0.141. The Morgan fingerprint density at radius 1 is 1.00 bits per heavy atom. The van der Waals surface area contributed by atoms with Crippen LogP contribution in [-0.2, 0) is 0 Å². The third kappa shape index (κ3) is 2.59. The summed E-state index contributed by atoms with van der Waals surface area (Å²) in [6, 6.07) is 14.0. The Hall–Kier alpha value is -1.54. The van der Waals surface area contributed by atoms with Crippen LogP contribution in [0.2, 0.25) is 0 Å². The molecular weight excluding hydrogens is 212 g/mol. The second kappa shape index (κ2) is 4.76. The number of hydrogen-bond acceptors (Lipinski definition) is 2. The standard InChI is InChI=1S/C15H18O2/c1-3-15(16,4-2)17-14-10-9-12-7-5-6-8-13(12)11-14/h5-11,16H,3-4H2,1-2H3. The van der Waals surface area contributed by atoms with Crippen LogP contribution in [0.3, 0.4) is 0 Å². The molecule has 17 heavy (non-hydrogen) atoms. The molecule has 0 atom stereocenters. The lowest BCUT2D eigenvalue weighted by Gasteiger charge is -2.26. The molecule has 0 aliphatic carbocycles. The van der Waals surface area contributed by atoms with E-state index in [4.69, 9.17) is 4.74 Å². The van der Waals surface area contributed by atoms with Crippen molar-refractivity contribution in [3.05, 3.63) is 42.5 Å². The molecule has 2 nitrogen and oxygen atoms in total. The minimum absolute atomic E-state index is 0.580. The zero-order valence-corrected chi connectivity index (χ0v) is 10.3. The number of hydrogen-bond donors (Lipinski definition) is 1. The van der Waals surface area contributed by atoms with Crippen molar-refractivity contribution in [2.45, 2.75) is 32.5 Å². The van der Waals surface area contributed by atoms with E-state index in [2.05, 4.69) is 6.07 Å². The van der Waals surface area contributed by atoms with Crippen LogP contribution in [0, 0.1) is 0 Å². The predicted octanol–water partition coefficient (Wildman–Crippen LogP) is 3.73. The Kier molecular flexibility index (Phi) is 3.34. The number of benzene rings is 2. The van der Waals surface area contributed by atoms with Gasteiger partial charge in [0.15, 0.2) is 0 Å². The highest BCUT2D eigenvalue weighted by atomic mass is 16.6. The maximum atomic E-state index is 10.1. The fourth-order valence-corrected chi connectivity index (χ4v) is 1.84. The minimum Gasteiger partial charge on any atom is -0.463 e. The molecule has 0 bridgehead atoms. The summed E-state index contributed by atoms with van der Waals surface area (Å²) in [5.41, 5.74) is 0. The van der Waals surface area contributed by atoms with Crippen LogP contribution in [-0.4, -0.2) is 10.9 Å². The monoisotopic (exact) mass is 230 g/mol. The van der Waals surface area contributed by atoms with Gasteiger partial charge in [0.2, 0.25) is 5.79 Å². The van der Waals surface area contributed by atoms with E-state index in [-0.39, 0.29) is 0 Å². The van der Waals surface area contributed by atoms with Gasteiger partial charge >= 0.3 is 0 Å². The van der Waals surface area contributed by atoms with Crippen LogP contribution in [0.1, 0.15) is 26.7 Å². The van der Waals surface area contributed by atoms with Crippen molar-refractivity contribution in [1.29, 1.82) is 0 Å². The van der Waals surface area contributed by atoms with Crippen LogP contribution >= 0.6 is 0 Å². The van der Waals surface area contributed by atoms with Gasteiger partial charge in [-0.3, -0.25) is 0 Å². The maximum absolute atomic E-state index is 10.1. The fourth-order valence-electron chi connectivity index (χ4n) is 1.84. The summed E-state index contributed by atoms with van der Waals surface area (Å²) in [6.45, 7) is 3.84. The zero-order valence-electron chi connectivity index (χ0n) is 10.3. The van der Waals surface area contributed by atoms with E-state index in [1.807, 2.05) is 50.2 Å². The number of ether oxygens (including phenoxy) is 1. The maximum Gasteiger partial charge on any atom is 0.207 e. The summed E-state index contributed by atoms with van der Waals surface area (Å²) in [4.78, 5) is 0. The van der Waals surface area contributed by atoms with Crippen LogP contribution in [0.4, 0.5) is 0 Å². The van der Waals surface area contributed by atoms with E-state index in [1.165, 1.54) is 5.39 Å². The summed E-state index contributed by atoms with van der Waals surface area (Å²) in [6.07, 6.45) is 1.16. The molecule has 0 aliphatic rings. The molecule has 0 saturated heterocycles. The summed E-state index contributed by atoms with van der Waals surface area (Å²) < 4.78 is 5.66. The molecule has 2 aromatic carbocycles. The molecule has 0 aromatic heterocycles. The first-order valence-electron chi connectivity index (χ1n) is 6.07. The normalized spacial score (nSPS) is 11.7. The van der Waals surface area contributed by atoms with Crippen molar-refractivity contribution in [2.75, 3.05) is 0 Å². The zero-order chi connectivity index (χ0) is 12.3. The molecule has 0 radical (unpaired) electrons. The van der Waals surface area contributed by atoms with Gasteiger partial charge in [-0.05, 0) is 22.9 Å². The summed E-state index contributed by atoms with van der Waals surface area (Å²) >= 11 is 0. The Balaban J connectivity index is 2.31. The molecule has 0 fully saturated rings. The first-order chi connectivity index (χ1) is 8.17. The van der Waals surface area contributed by atoms with Gasteiger partial charge in [-0.25, -0.2) is 0 Å². The molecular formula is C15H18O2. The topological polar surface area (TPSA) is 29.5 Å². The smallest absolute Gasteiger partial charge is 0.207 e. The lowest BCUT2D eigenvalue weighted by Crippen LogP contribution is -2.33.